The van der Waals surface area contributed by atoms with E-state index in [1.54, 1.807) is 25.4 Å². The van der Waals surface area contributed by atoms with Crippen LogP contribution in [-0.4, -0.2) is 28.3 Å². The number of nitrogens with zero attached hydrogens (tertiary/aromatic N) is 4. The van der Waals surface area contributed by atoms with Crippen LogP contribution >= 0.6 is 0 Å². The number of benzene rings is 2. The Morgan fingerprint density at radius 1 is 1.14 bits per heavy atom. The van der Waals surface area contributed by atoms with E-state index in [1.165, 1.54) is 35.5 Å². The molecule has 2 heterocycles. The van der Waals surface area contributed by atoms with Crippen LogP contribution in [0.3, 0.4) is 0 Å². The van der Waals surface area contributed by atoms with Crippen molar-refractivity contribution < 1.29 is 13.9 Å². The molecule has 2 aromatic heterocycles. The molecule has 0 aliphatic rings. The molecular formula is C20H15FN4O3. The van der Waals surface area contributed by atoms with Crippen LogP contribution in [0.5, 0.6) is 11.5 Å². The molecule has 0 aliphatic heterocycles. The van der Waals surface area contributed by atoms with Gasteiger partial charge in [0, 0.05) is 18.5 Å². The number of aryl methyl sites for hydroxylation is 1. The van der Waals surface area contributed by atoms with Crippen molar-refractivity contribution in [3.05, 3.63) is 58.4 Å². The van der Waals surface area contributed by atoms with Crippen molar-refractivity contribution in [1.82, 2.24) is 14.1 Å². The lowest BCUT2D eigenvalue weighted by molar-refractivity contribution is 0.356. The van der Waals surface area contributed by atoms with Crippen molar-refractivity contribution in [1.29, 1.82) is 5.26 Å². The van der Waals surface area contributed by atoms with Crippen LogP contribution in [0.25, 0.3) is 27.6 Å². The van der Waals surface area contributed by atoms with Gasteiger partial charge in [-0.05, 0) is 24.3 Å². The van der Waals surface area contributed by atoms with Crippen LogP contribution in [0.2, 0.25) is 0 Å². The molecule has 4 aromatic rings. The smallest absolute Gasteiger partial charge is 0.333 e. The number of pyridine rings is 1. The molecule has 0 atom stereocenters. The maximum Gasteiger partial charge on any atom is 0.333 e. The highest BCUT2D eigenvalue weighted by Crippen LogP contribution is 2.35. The highest BCUT2D eigenvalue weighted by molar-refractivity contribution is 6.04. The fourth-order valence-electron chi connectivity index (χ4n) is 3.30. The van der Waals surface area contributed by atoms with E-state index in [9.17, 15) is 9.18 Å². The van der Waals surface area contributed by atoms with Gasteiger partial charge in [-0.3, -0.25) is 14.1 Å². The third-order valence-electron chi connectivity index (χ3n) is 4.71. The Morgan fingerprint density at radius 2 is 1.86 bits per heavy atom. The average molecular weight is 378 g/mol. The van der Waals surface area contributed by atoms with E-state index in [-0.39, 0.29) is 11.3 Å². The summed E-state index contributed by atoms with van der Waals surface area (Å²) < 4.78 is 28.1. The molecule has 2 aromatic carbocycles. The Morgan fingerprint density at radius 3 is 2.50 bits per heavy atom. The molecular weight excluding hydrogens is 363 g/mol. The van der Waals surface area contributed by atoms with Gasteiger partial charge in [0.05, 0.1) is 54.3 Å². The minimum absolute atomic E-state index is 0.0527. The van der Waals surface area contributed by atoms with Crippen molar-refractivity contribution in [2.75, 3.05) is 14.2 Å². The molecule has 0 radical (unpaired) electrons. The number of fused-ring (bicyclic) bond motifs is 3. The van der Waals surface area contributed by atoms with Crippen molar-refractivity contribution >= 4 is 21.9 Å². The van der Waals surface area contributed by atoms with E-state index in [0.717, 1.165) is 6.07 Å². The van der Waals surface area contributed by atoms with Crippen LogP contribution in [-0.2, 0) is 7.05 Å². The standard InChI is InChI=1S/C20H15FN4O3/c1-24-16-10-23-14-8-18(28-3)17(27-2)7-12(14)19(16)25(20(24)26)15-5-4-11(9-22)6-13(15)21/h4-8,10H,1-3H3. The molecule has 0 fully saturated rings. The first kappa shape index (κ1) is 17.5. The van der Waals surface area contributed by atoms with Gasteiger partial charge in [-0.15, -0.1) is 0 Å². The number of nitriles is 1. The number of imidazole rings is 1. The van der Waals surface area contributed by atoms with E-state index in [0.29, 0.717) is 33.4 Å². The lowest BCUT2D eigenvalue weighted by Crippen LogP contribution is -2.21. The fraction of sp³-hybridized carbons (Fsp3) is 0.150. The summed E-state index contributed by atoms with van der Waals surface area (Å²) in [6.07, 6.45) is 1.56. The van der Waals surface area contributed by atoms with Crippen LogP contribution in [0.15, 0.2) is 41.3 Å². The molecule has 7 nitrogen and oxygen atoms in total. The normalized spacial score (nSPS) is 11.0. The molecule has 140 valence electrons. The Labute approximate surface area is 158 Å². The monoisotopic (exact) mass is 378 g/mol. The summed E-state index contributed by atoms with van der Waals surface area (Å²) in [6, 6.07) is 9.29. The summed E-state index contributed by atoms with van der Waals surface area (Å²) in [5.74, 6) is 0.294. The molecule has 0 saturated heterocycles. The van der Waals surface area contributed by atoms with E-state index >= 15 is 0 Å². The number of hydrogen-bond acceptors (Lipinski definition) is 5. The van der Waals surface area contributed by atoms with Crippen molar-refractivity contribution in [2.24, 2.45) is 7.05 Å². The van der Waals surface area contributed by atoms with Crippen LogP contribution in [0.4, 0.5) is 4.39 Å². The highest BCUT2D eigenvalue weighted by Gasteiger charge is 2.20. The number of methoxy groups -OCH3 is 2. The van der Waals surface area contributed by atoms with Crippen molar-refractivity contribution in [2.45, 2.75) is 0 Å². The van der Waals surface area contributed by atoms with Gasteiger partial charge in [0.2, 0.25) is 0 Å². The second-order valence-corrected chi connectivity index (χ2v) is 6.17. The maximum atomic E-state index is 14.7. The van der Waals surface area contributed by atoms with Gasteiger partial charge in [-0.2, -0.15) is 5.26 Å². The third-order valence-corrected chi connectivity index (χ3v) is 4.71. The van der Waals surface area contributed by atoms with Gasteiger partial charge in [-0.25, -0.2) is 9.18 Å². The third kappa shape index (κ3) is 2.41. The minimum atomic E-state index is -0.668. The van der Waals surface area contributed by atoms with E-state index < -0.39 is 11.5 Å². The Kier molecular flexibility index (Phi) is 4.00. The zero-order valence-electron chi connectivity index (χ0n) is 15.4. The second-order valence-electron chi connectivity index (χ2n) is 6.17. The predicted octanol–water partition coefficient (Wildman–Crippen LogP) is 2.91. The molecule has 0 unspecified atom stereocenters. The highest BCUT2D eigenvalue weighted by atomic mass is 19.1. The summed E-state index contributed by atoms with van der Waals surface area (Å²) in [7, 11) is 4.62. The molecule has 8 heteroatoms. The molecule has 0 spiro atoms. The Bertz CT molecular complexity index is 1350. The molecule has 0 N–H and O–H groups in total. The maximum absolute atomic E-state index is 14.7. The zero-order chi connectivity index (χ0) is 20.0. The second kappa shape index (κ2) is 6.39. The van der Waals surface area contributed by atoms with E-state index in [2.05, 4.69) is 4.98 Å². The van der Waals surface area contributed by atoms with Crippen LogP contribution in [0, 0.1) is 17.1 Å². The lowest BCUT2D eigenvalue weighted by atomic mass is 10.1. The first-order chi connectivity index (χ1) is 13.5. The number of halogens is 1. The molecule has 0 saturated carbocycles. The lowest BCUT2D eigenvalue weighted by Gasteiger charge is -2.11. The first-order valence-electron chi connectivity index (χ1n) is 8.32. The average Bonchev–Trinajstić information content (AvgIpc) is 2.97. The Balaban J connectivity index is 2.17. The van der Waals surface area contributed by atoms with Crippen molar-refractivity contribution in [3.8, 4) is 23.3 Å². The summed E-state index contributed by atoms with van der Waals surface area (Å²) in [4.78, 5) is 17.3. The molecule has 28 heavy (non-hydrogen) atoms. The number of ether oxygens (including phenoxy) is 2. The topological polar surface area (TPSA) is 82.1 Å². The van der Waals surface area contributed by atoms with E-state index in [4.69, 9.17) is 14.7 Å². The minimum Gasteiger partial charge on any atom is -0.493 e. The van der Waals surface area contributed by atoms with Gasteiger partial charge in [0.15, 0.2) is 11.5 Å². The summed E-state index contributed by atoms with van der Waals surface area (Å²) in [5.41, 5.74) is 1.39. The fourth-order valence-corrected chi connectivity index (χ4v) is 3.30. The van der Waals surface area contributed by atoms with Crippen molar-refractivity contribution in [3.63, 3.8) is 0 Å². The number of rotatable bonds is 3. The quantitative estimate of drug-likeness (QED) is 0.547. The SMILES string of the molecule is COc1cc2ncc3c(c2cc1OC)n(-c1ccc(C#N)cc1F)c(=O)n3C. The predicted molar refractivity (Wildman–Crippen MR) is 102 cm³/mol. The van der Waals surface area contributed by atoms with Gasteiger partial charge in [0.1, 0.15) is 5.82 Å². The summed E-state index contributed by atoms with van der Waals surface area (Å²) in [6.45, 7) is 0. The number of aromatic nitrogens is 3. The molecule has 0 amide bonds. The van der Waals surface area contributed by atoms with Gasteiger partial charge >= 0.3 is 5.69 Å². The Hall–Kier alpha value is -3.86. The summed E-state index contributed by atoms with van der Waals surface area (Å²) >= 11 is 0. The van der Waals surface area contributed by atoms with E-state index in [1.807, 2.05) is 6.07 Å². The van der Waals surface area contributed by atoms with Gasteiger partial charge in [0.25, 0.3) is 0 Å². The molecule has 0 aliphatic carbocycles. The first-order valence-corrected chi connectivity index (χ1v) is 8.32. The van der Waals surface area contributed by atoms with Crippen LogP contribution < -0.4 is 15.2 Å². The number of hydrogen-bond donors (Lipinski definition) is 0. The van der Waals surface area contributed by atoms with Gasteiger partial charge in [-0.1, -0.05) is 0 Å². The molecule has 0 bridgehead atoms. The largest absolute Gasteiger partial charge is 0.493 e. The van der Waals surface area contributed by atoms with Gasteiger partial charge < -0.3 is 9.47 Å². The van der Waals surface area contributed by atoms with Crippen LogP contribution in [0.1, 0.15) is 5.56 Å². The summed E-state index contributed by atoms with van der Waals surface area (Å²) in [5, 5.41) is 9.59. The zero-order valence-corrected chi connectivity index (χ0v) is 15.4. The molecule has 4 rings (SSSR count).